The first-order valence-electron chi connectivity index (χ1n) is 6.68. The zero-order valence-corrected chi connectivity index (χ0v) is 13.3. The van der Waals surface area contributed by atoms with Crippen LogP contribution in [0.2, 0.25) is 0 Å². The van der Waals surface area contributed by atoms with E-state index in [2.05, 4.69) is 66.8 Å². The molecule has 1 atom stereocenters. The largest absolute Gasteiger partial charge is 0.310 e. The van der Waals surface area contributed by atoms with Gasteiger partial charge in [0.05, 0.1) is 0 Å². The van der Waals surface area contributed by atoms with Crippen LogP contribution in [0.5, 0.6) is 0 Å². The van der Waals surface area contributed by atoms with E-state index in [1.165, 1.54) is 21.2 Å². The van der Waals surface area contributed by atoms with Gasteiger partial charge in [0.1, 0.15) is 0 Å². The molecule has 1 nitrogen and oxygen atoms in total. The smallest absolute Gasteiger partial charge is 0.0334 e. The Morgan fingerprint density at radius 3 is 2.72 bits per heavy atom. The van der Waals surface area contributed by atoms with Crippen LogP contribution in [0.3, 0.4) is 0 Å². The predicted octanol–water partition coefficient (Wildman–Crippen LogP) is 5.15. The minimum Gasteiger partial charge on any atom is -0.310 e. The third kappa shape index (κ3) is 4.95. The zero-order valence-electron chi connectivity index (χ0n) is 11.7. The van der Waals surface area contributed by atoms with Gasteiger partial charge in [-0.05, 0) is 56.8 Å². The minimum atomic E-state index is 0.414. The van der Waals surface area contributed by atoms with E-state index in [4.69, 9.17) is 0 Å². The van der Waals surface area contributed by atoms with Gasteiger partial charge in [-0.25, -0.2) is 0 Å². The quantitative estimate of drug-likeness (QED) is 0.686. The third-order valence-electron chi connectivity index (χ3n) is 3.03. The molecule has 0 aliphatic carbocycles. The third-order valence-corrected chi connectivity index (χ3v) is 3.72. The second kappa shape index (κ2) is 7.75. The van der Waals surface area contributed by atoms with Gasteiger partial charge in [0.25, 0.3) is 0 Å². The van der Waals surface area contributed by atoms with E-state index in [1.54, 1.807) is 0 Å². The Labute approximate surface area is 120 Å². The first-order valence-corrected chi connectivity index (χ1v) is 7.47. The van der Waals surface area contributed by atoms with Gasteiger partial charge in [0, 0.05) is 10.5 Å². The first kappa shape index (κ1) is 15.5. The van der Waals surface area contributed by atoms with Crippen LogP contribution >= 0.6 is 15.9 Å². The molecular formula is C16H24BrN. The van der Waals surface area contributed by atoms with Crippen molar-refractivity contribution in [3.05, 3.63) is 46.0 Å². The molecule has 1 rings (SSSR count). The predicted molar refractivity (Wildman–Crippen MR) is 84.0 cm³/mol. The van der Waals surface area contributed by atoms with E-state index in [0.717, 1.165) is 25.8 Å². The molecule has 0 saturated carbocycles. The maximum Gasteiger partial charge on any atom is 0.0334 e. The van der Waals surface area contributed by atoms with Gasteiger partial charge < -0.3 is 5.32 Å². The standard InChI is InChI=1S/C16H24BrN/c1-5-10-18-16(9-6-12(2)3)14-8-7-13(4)11-15(14)17/h7-8,11,16,18H,2,5-6,9-10H2,1,3-4H3. The highest BCUT2D eigenvalue weighted by Gasteiger charge is 2.13. The van der Waals surface area contributed by atoms with E-state index in [-0.39, 0.29) is 0 Å². The molecule has 0 fully saturated rings. The van der Waals surface area contributed by atoms with Crippen LogP contribution in [-0.4, -0.2) is 6.54 Å². The maximum atomic E-state index is 4.00. The normalized spacial score (nSPS) is 12.4. The second-order valence-electron chi connectivity index (χ2n) is 5.03. The topological polar surface area (TPSA) is 12.0 Å². The molecule has 1 unspecified atom stereocenters. The van der Waals surface area contributed by atoms with Crippen molar-refractivity contribution in [1.29, 1.82) is 0 Å². The van der Waals surface area contributed by atoms with Crippen LogP contribution < -0.4 is 5.32 Å². The molecule has 0 spiro atoms. The lowest BCUT2D eigenvalue weighted by molar-refractivity contribution is 0.497. The fraction of sp³-hybridized carbons (Fsp3) is 0.500. The number of aryl methyl sites for hydroxylation is 1. The summed E-state index contributed by atoms with van der Waals surface area (Å²) in [4.78, 5) is 0. The Kier molecular flexibility index (Phi) is 6.66. The summed E-state index contributed by atoms with van der Waals surface area (Å²) in [6.45, 7) is 11.5. The summed E-state index contributed by atoms with van der Waals surface area (Å²) in [5.74, 6) is 0. The molecule has 0 aliphatic rings. The van der Waals surface area contributed by atoms with E-state index < -0.39 is 0 Å². The summed E-state index contributed by atoms with van der Waals surface area (Å²) in [5.41, 5.74) is 3.90. The zero-order chi connectivity index (χ0) is 13.5. The summed E-state index contributed by atoms with van der Waals surface area (Å²) >= 11 is 3.68. The lowest BCUT2D eigenvalue weighted by atomic mass is 9.99. The van der Waals surface area contributed by atoms with Crippen molar-refractivity contribution in [3.63, 3.8) is 0 Å². The number of allylic oxidation sites excluding steroid dienone is 1. The van der Waals surface area contributed by atoms with Crippen LogP contribution in [0.1, 0.15) is 50.3 Å². The Morgan fingerprint density at radius 2 is 2.17 bits per heavy atom. The maximum absolute atomic E-state index is 4.00. The molecule has 1 aromatic rings. The Balaban J connectivity index is 2.82. The van der Waals surface area contributed by atoms with Crippen LogP contribution in [0.15, 0.2) is 34.8 Å². The summed E-state index contributed by atoms with van der Waals surface area (Å²) in [6.07, 6.45) is 3.34. The average molecular weight is 310 g/mol. The molecule has 0 amide bonds. The van der Waals surface area contributed by atoms with E-state index >= 15 is 0 Å². The molecule has 1 N–H and O–H groups in total. The lowest BCUT2D eigenvalue weighted by Gasteiger charge is -2.20. The van der Waals surface area contributed by atoms with Crippen LogP contribution in [0, 0.1) is 6.92 Å². The molecule has 18 heavy (non-hydrogen) atoms. The number of rotatable bonds is 7. The van der Waals surface area contributed by atoms with Gasteiger partial charge in [-0.15, -0.1) is 6.58 Å². The Bertz CT molecular complexity index is 398. The van der Waals surface area contributed by atoms with Gasteiger partial charge in [0.2, 0.25) is 0 Å². The van der Waals surface area contributed by atoms with Crippen molar-refractivity contribution >= 4 is 15.9 Å². The summed E-state index contributed by atoms with van der Waals surface area (Å²) < 4.78 is 1.21. The van der Waals surface area contributed by atoms with Crippen LogP contribution in [0.4, 0.5) is 0 Å². The number of benzene rings is 1. The minimum absolute atomic E-state index is 0.414. The number of hydrogen-bond donors (Lipinski definition) is 1. The molecule has 100 valence electrons. The second-order valence-corrected chi connectivity index (χ2v) is 5.88. The molecule has 1 aromatic carbocycles. The van der Waals surface area contributed by atoms with E-state index in [9.17, 15) is 0 Å². The molecule has 0 heterocycles. The van der Waals surface area contributed by atoms with Crippen molar-refractivity contribution in [1.82, 2.24) is 5.32 Å². The number of hydrogen-bond acceptors (Lipinski definition) is 1. The summed E-state index contributed by atoms with van der Waals surface area (Å²) in [7, 11) is 0. The average Bonchev–Trinajstić information content (AvgIpc) is 2.30. The molecule has 0 aliphatic heterocycles. The van der Waals surface area contributed by atoms with Crippen molar-refractivity contribution in [2.75, 3.05) is 6.54 Å². The highest BCUT2D eigenvalue weighted by molar-refractivity contribution is 9.10. The van der Waals surface area contributed by atoms with Crippen molar-refractivity contribution in [2.45, 2.75) is 46.1 Å². The van der Waals surface area contributed by atoms with Crippen LogP contribution in [0.25, 0.3) is 0 Å². The van der Waals surface area contributed by atoms with Gasteiger partial charge in [-0.1, -0.05) is 40.6 Å². The van der Waals surface area contributed by atoms with Crippen molar-refractivity contribution < 1.29 is 0 Å². The fourth-order valence-electron chi connectivity index (χ4n) is 1.99. The monoisotopic (exact) mass is 309 g/mol. The Hall–Kier alpha value is -0.600. The molecule has 0 aromatic heterocycles. The van der Waals surface area contributed by atoms with Gasteiger partial charge >= 0.3 is 0 Å². The number of halogens is 1. The first-order chi connectivity index (χ1) is 8.54. The molecule has 2 heteroatoms. The fourth-order valence-corrected chi connectivity index (χ4v) is 2.76. The summed E-state index contributed by atoms with van der Waals surface area (Å²) in [5, 5.41) is 3.63. The van der Waals surface area contributed by atoms with Gasteiger partial charge in [-0.3, -0.25) is 0 Å². The van der Waals surface area contributed by atoms with Gasteiger partial charge in [0.15, 0.2) is 0 Å². The van der Waals surface area contributed by atoms with Crippen molar-refractivity contribution in [2.24, 2.45) is 0 Å². The molecule has 0 saturated heterocycles. The lowest BCUT2D eigenvalue weighted by Crippen LogP contribution is -2.22. The highest BCUT2D eigenvalue weighted by Crippen LogP contribution is 2.28. The molecular weight excluding hydrogens is 286 g/mol. The van der Waals surface area contributed by atoms with Crippen molar-refractivity contribution in [3.8, 4) is 0 Å². The van der Waals surface area contributed by atoms with E-state index in [1.807, 2.05) is 0 Å². The number of nitrogens with one attached hydrogen (secondary N) is 1. The molecule has 0 radical (unpaired) electrons. The molecule has 0 bridgehead atoms. The summed E-state index contributed by atoms with van der Waals surface area (Å²) in [6, 6.07) is 7.01. The van der Waals surface area contributed by atoms with Crippen LogP contribution in [-0.2, 0) is 0 Å². The van der Waals surface area contributed by atoms with Gasteiger partial charge in [-0.2, -0.15) is 0 Å². The van der Waals surface area contributed by atoms with E-state index in [0.29, 0.717) is 6.04 Å². The SMILES string of the molecule is C=C(C)CCC(NCCC)c1ccc(C)cc1Br. The Morgan fingerprint density at radius 1 is 1.44 bits per heavy atom. The highest BCUT2D eigenvalue weighted by atomic mass is 79.9.